The number of hydrogen-bond donors (Lipinski definition) is 0. The van der Waals surface area contributed by atoms with Crippen molar-refractivity contribution in [2.45, 2.75) is 6.54 Å². The first-order valence-electron chi connectivity index (χ1n) is 9.75. The number of aromatic nitrogens is 4. The van der Waals surface area contributed by atoms with E-state index in [-0.39, 0.29) is 11.5 Å². The highest BCUT2D eigenvalue weighted by Crippen LogP contribution is 2.14. The molecular weight excluding hydrogens is 400 g/mol. The molecule has 30 heavy (non-hydrogen) atoms. The molecule has 1 aliphatic rings. The molecular formula is C21H20N6O2S. The molecule has 8 nitrogen and oxygen atoms in total. The molecule has 0 saturated carbocycles. The Morgan fingerprint density at radius 3 is 2.60 bits per heavy atom. The molecule has 1 saturated heterocycles. The Balaban J connectivity index is 1.21. The molecule has 0 atom stereocenters. The molecule has 0 aliphatic carbocycles. The van der Waals surface area contributed by atoms with Gasteiger partial charge in [0.15, 0.2) is 4.96 Å². The van der Waals surface area contributed by atoms with E-state index in [4.69, 9.17) is 0 Å². The summed E-state index contributed by atoms with van der Waals surface area (Å²) in [5.74, 6) is 0.0399. The predicted molar refractivity (Wildman–Crippen MR) is 114 cm³/mol. The van der Waals surface area contributed by atoms with Crippen LogP contribution >= 0.6 is 11.3 Å². The number of piperazine rings is 1. The molecule has 1 amide bonds. The van der Waals surface area contributed by atoms with Crippen molar-refractivity contribution < 1.29 is 4.79 Å². The van der Waals surface area contributed by atoms with E-state index in [1.807, 2.05) is 46.8 Å². The number of amides is 1. The van der Waals surface area contributed by atoms with Crippen LogP contribution in [0.3, 0.4) is 0 Å². The summed E-state index contributed by atoms with van der Waals surface area (Å²) in [6.45, 7) is 3.43. The van der Waals surface area contributed by atoms with Gasteiger partial charge >= 0.3 is 0 Å². The van der Waals surface area contributed by atoms with E-state index < -0.39 is 0 Å². The van der Waals surface area contributed by atoms with Crippen molar-refractivity contribution in [1.29, 1.82) is 0 Å². The number of benzene rings is 1. The summed E-state index contributed by atoms with van der Waals surface area (Å²) in [4.78, 5) is 34.4. The monoisotopic (exact) mass is 420 g/mol. The summed E-state index contributed by atoms with van der Waals surface area (Å²) in [6.07, 6.45) is 5.34. The highest BCUT2D eigenvalue weighted by atomic mass is 32.1. The highest BCUT2D eigenvalue weighted by Gasteiger charge is 2.22. The van der Waals surface area contributed by atoms with Gasteiger partial charge in [0.25, 0.3) is 11.5 Å². The minimum atomic E-state index is -0.0522. The molecule has 3 aromatic heterocycles. The van der Waals surface area contributed by atoms with Gasteiger partial charge in [-0.3, -0.25) is 18.9 Å². The zero-order chi connectivity index (χ0) is 20.5. The number of fused-ring (bicyclic) bond motifs is 1. The van der Waals surface area contributed by atoms with E-state index in [1.54, 1.807) is 27.5 Å². The zero-order valence-corrected chi connectivity index (χ0v) is 17.0. The second kappa shape index (κ2) is 7.85. The molecule has 4 heterocycles. The highest BCUT2D eigenvalue weighted by molar-refractivity contribution is 7.15. The molecule has 5 rings (SSSR count). The van der Waals surface area contributed by atoms with Crippen LogP contribution in [-0.2, 0) is 6.54 Å². The molecule has 1 aromatic carbocycles. The first kappa shape index (κ1) is 18.7. The summed E-state index contributed by atoms with van der Waals surface area (Å²) < 4.78 is 3.32. The van der Waals surface area contributed by atoms with E-state index in [1.165, 1.54) is 11.3 Å². The van der Waals surface area contributed by atoms with Crippen LogP contribution < -0.4 is 5.56 Å². The maximum atomic E-state index is 12.9. The number of thiazole rings is 1. The summed E-state index contributed by atoms with van der Waals surface area (Å²) in [5, 5.41) is 6.06. The van der Waals surface area contributed by atoms with Crippen molar-refractivity contribution in [2.75, 3.05) is 26.2 Å². The van der Waals surface area contributed by atoms with Gasteiger partial charge < -0.3 is 4.90 Å². The average Bonchev–Trinajstić information content (AvgIpc) is 3.46. The van der Waals surface area contributed by atoms with Crippen LogP contribution in [0.1, 0.15) is 16.1 Å². The smallest absolute Gasteiger partial charge is 0.258 e. The second-order valence-corrected chi connectivity index (χ2v) is 8.08. The Kier molecular flexibility index (Phi) is 4.89. The lowest BCUT2D eigenvalue weighted by Crippen LogP contribution is -2.48. The topological polar surface area (TPSA) is 75.7 Å². The van der Waals surface area contributed by atoms with Gasteiger partial charge in [-0.1, -0.05) is 0 Å². The van der Waals surface area contributed by atoms with Crippen molar-refractivity contribution in [3.63, 3.8) is 0 Å². The second-order valence-electron chi connectivity index (χ2n) is 7.21. The van der Waals surface area contributed by atoms with E-state index in [2.05, 4.69) is 15.0 Å². The molecule has 1 fully saturated rings. The summed E-state index contributed by atoms with van der Waals surface area (Å²) in [6, 6.07) is 11.0. The van der Waals surface area contributed by atoms with E-state index >= 15 is 0 Å². The van der Waals surface area contributed by atoms with Gasteiger partial charge in [0.2, 0.25) is 0 Å². The third kappa shape index (κ3) is 3.64. The third-order valence-electron chi connectivity index (χ3n) is 5.28. The molecule has 0 spiro atoms. The van der Waals surface area contributed by atoms with Crippen molar-refractivity contribution in [1.82, 2.24) is 29.0 Å². The number of hydrogen-bond acceptors (Lipinski definition) is 6. The Labute approximate surface area is 176 Å². The minimum Gasteiger partial charge on any atom is -0.336 e. The van der Waals surface area contributed by atoms with Gasteiger partial charge in [-0.05, 0) is 30.3 Å². The van der Waals surface area contributed by atoms with Gasteiger partial charge in [0.1, 0.15) is 0 Å². The van der Waals surface area contributed by atoms with Crippen LogP contribution in [0.5, 0.6) is 0 Å². The summed E-state index contributed by atoms with van der Waals surface area (Å²) >= 11 is 1.45. The first-order valence-corrected chi connectivity index (χ1v) is 10.6. The van der Waals surface area contributed by atoms with Crippen LogP contribution in [0, 0.1) is 0 Å². The quantitative estimate of drug-likeness (QED) is 0.504. The molecule has 0 radical (unpaired) electrons. The van der Waals surface area contributed by atoms with Gasteiger partial charge in [0.05, 0.1) is 11.4 Å². The Bertz CT molecular complexity index is 1220. The third-order valence-corrected chi connectivity index (χ3v) is 6.04. The number of rotatable bonds is 4. The van der Waals surface area contributed by atoms with Gasteiger partial charge in [-0.25, -0.2) is 9.67 Å². The van der Waals surface area contributed by atoms with Crippen molar-refractivity contribution in [2.24, 2.45) is 0 Å². The largest absolute Gasteiger partial charge is 0.336 e. The Morgan fingerprint density at radius 1 is 1.07 bits per heavy atom. The lowest BCUT2D eigenvalue weighted by molar-refractivity contribution is 0.0627. The standard InChI is InChI=1S/C21H20N6O2S/c28-19-14-17(23-21-26(19)12-13-30-21)15-24-8-10-25(11-9-24)20(29)16-2-4-18(5-3-16)27-7-1-6-22-27/h1-7,12-14H,8-11,15H2. The minimum absolute atomic E-state index is 0.0399. The van der Waals surface area contributed by atoms with E-state index in [0.29, 0.717) is 30.2 Å². The Hall–Kier alpha value is -3.30. The fraction of sp³-hybridized carbons (Fsp3) is 0.238. The van der Waals surface area contributed by atoms with Crippen molar-refractivity contribution >= 4 is 22.2 Å². The maximum absolute atomic E-state index is 12.9. The van der Waals surface area contributed by atoms with Gasteiger partial charge in [0, 0.05) is 68.3 Å². The molecule has 0 bridgehead atoms. The predicted octanol–water partition coefficient (Wildman–Crippen LogP) is 1.90. The van der Waals surface area contributed by atoms with Gasteiger partial charge in [-0.2, -0.15) is 5.10 Å². The van der Waals surface area contributed by atoms with Crippen LogP contribution in [-0.4, -0.2) is 61.1 Å². The molecule has 0 unspecified atom stereocenters. The molecule has 1 aliphatic heterocycles. The molecule has 4 aromatic rings. The maximum Gasteiger partial charge on any atom is 0.258 e. The molecule has 9 heteroatoms. The summed E-state index contributed by atoms with van der Waals surface area (Å²) in [5.41, 5.74) is 2.32. The van der Waals surface area contributed by atoms with Crippen LogP contribution in [0.2, 0.25) is 0 Å². The fourth-order valence-electron chi connectivity index (χ4n) is 3.67. The average molecular weight is 420 g/mol. The first-order chi connectivity index (χ1) is 14.7. The number of carbonyl (C=O) groups is 1. The van der Waals surface area contributed by atoms with Crippen LogP contribution in [0.25, 0.3) is 10.6 Å². The fourth-order valence-corrected chi connectivity index (χ4v) is 4.41. The molecule has 0 N–H and O–H groups in total. The van der Waals surface area contributed by atoms with Gasteiger partial charge in [-0.15, -0.1) is 11.3 Å². The van der Waals surface area contributed by atoms with E-state index in [9.17, 15) is 9.59 Å². The lowest BCUT2D eigenvalue weighted by Gasteiger charge is -2.34. The Morgan fingerprint density at radius 2 is 1.87 bits per heavy atom. The van der Waals surface area contributed by atoms with Crippen LogP contribution in [0.15, 0.2) is 65.2 Å². The number of nitrogens with zero attached hydrogens (tertiary/aromatic N) is 6. The van der Waals surface area contributed by atoms with Crippen molar-refractivity contribution in [3.05, 3.63) is 82.0 Å². The zero-order valence-electron chi connectivity index (χ0n) is 16.2. The normalized spacial score (nSPS) is 15.0. The van der Waals surface area contributed by atoms with E-state index in [0.717, 1.165) is 24.5 Å². The summed E-state index contributed by atoms with van der Waals surface area (Å²) in [7, 11) is 0. The molecule has 152 valence electrons. The SMILES string of the molecule is O=C(c1ccc(-n2cccn2)cc1)N1CCN(Cc2cc(=O)n3ccsc3n2)CC1. The number of carbonyl (C=O) groups excluding carboxylic acids is 1. The van der Waals surface area contributed by atoms with Crippen LogP contribution in [0.4, 0.5) is 0 Å². The van der Waals surface area contributed by atoms with Crippen molar-refractivity contribution in [3.8, 4) is 5.69 Å². The lowest BCUT2D eigenvalue weighted by atomic mass is 10.1.